The van der Waals surface area contributed by atoms with Crippen molar-refractivity contribution < 1.29 is 9.53 Å². The molecule has 2 N–H and O–H groups in total. The molecule has 0 radical (unpaired) electrons. The summed E-state index contributed by atoms with van der Waals surface area (Å²) in [5.74, 6) is -0.279. The summed E-state index contributed by atoms with van der Waals surface area (Å²) in [7, 11) is 1.72. The molecule has 0 saturated carbocycles. The van der Waals surface area contributed by atoms with Gasteiger partial charge in [-0.05, 0) is 12.5 Å². The number of nitrogens with two attached hydrogens (primary N) is 1. The number of methoxy groups -OCH3 is 1. The minimum absolute atomic E-state index is 0.279. The van der Waals surface area contributed by atoms with Crippen molar-refractivity contribution in [2.75, 3.05) is 39.9 Å². The predicted octanol–water partition coefficient (Wildman–Crippen LogP) is 0.866. The number of primary amides is 1. The van der Waals surface area contributed by atoms with Crippen LogP contribution in [0.5, 0.6) is 0 Å². The molecule has 1 aliphatic heterocycles. The molecule has 5 heteroatoms. The minimum Gasteiger partial charge on any atom is -0.383 e. The number of hydrogen-bond acceptors (Lipinski definition) is 4. The number of hydrogen-bond donors (Lipinski definition) is 1. The number of carbonyl (C=O) groups is 1. The van der Waals surface area contributed by atoms with Crippen LogP contribution in [0.1, 0.15) is 18.5 Å². The van der Waals surface area contributed by atoms with Gasteiger partial charge in [0.05, 0.1) is 6.61 Å². The molecule has 0 unspecified atom stereocenters. The molecule has 2 rings (SSSR count). The molecule has 1 aromatic carbocycles. The lowest BCUT2D eigenvalue weighted by molar-refractivity contribution is -0.124. The highest BCUT2D eigenvalue weighted by molar-refractivity contribution is 5.81. The Morgan fingerprint density at radius 3 is 2.67 bits per heavy atom. The maximum Gasteiger partial charge on any atom is 0.239 e. The van der Waals surface area contributed by atoms with Crippen molar-refractivity contribution in [3.05, 3.63) is 35.9 Å². The molecule has 5 nitrogen and oxygen atoms in total. The van der Waals surface area contributed by atoms with Crippen LogP contribution < -0.4 is 5.73 Å². The number of rotatable bonds is 6. The Balaban J connectivity index is 2.05. The predicted molar refractivity (Wildman–Crippen MR) is 82.9 cm³/mol. The van der Waals surface area contributed by atoms with Gasteiger partial charge in [0.2, 0.25) is 5.91 Å². The van der Waals surface area contributed by atoms with Crippen molar-refractivity contribution >= 4 is 5.91 Å². The summed E-state index contributed by atoms with van der Waals surface area (Å²) >= 11 is 0. The molecule has 2 atom stereocenters. The van der Waals surface area contributed by atoms with Gasteiger partial charge < -0.3 is 10.5 Å². The van der Waals surface area contributed by atoms with E-state index < -0.39 is 0 Å². The van der Waals surface area contributed by atoms with Crippen LogP contribution in [0, 0.1) is 0 Å². The largest absolute Gasteiger partial charge is 0.383 e. The monoisotopic (exact) mass is 291 g/mol. The number of piperazine rings is 1. The van der Waals surface area contributed by atoms with Crippen LogP contribution in [0.3, 0.4) is 0 Å². The van der Waals surface area contributed by atoms with E-state index in [0.29, 0.717) is 6.04 Å². The van der Waals surface area contributed by atoms with Crippen molar-refractivity contribution in [3.8, 4) is 0 Å². The van der Waals surface area contributed by atoms with E-state index in [1.807, 2.05) is 30.3 Å². The van der Waals surface area contributed by atoms with E-state index in [2.05, 4.69) is 16.7 Å². The summed E-state index contributed by atoms with van der Waals surface area (Å²) in [5, 5.41) is 0. The zero-order valence-corrected chi connectivity index (χ0v) is 12.9. The van der Waals surface area contributed by atoms with Crippen LogP contribution in [-0.2, 0) is 9.53 Å². The molecule has 21 heavy (non-hydrogen) atoms. The van der Waals surface area contributed by atoms with Crippen molar-refractivity contribution in [1.82, 2.24) is 9.80 Å². The Bertz CT molecular complexity index is 452. The number of nitrogens with zero attached hydrogens (tertiary/aromatic N) is 2. The van der Waals surface area contributed by atoms with Crippen LogP contribution in [0.25, 0.3) is 0 Å². The summed E-state index contributed by atoms with van der Waals surface area (Å²) < 4.78 is 5.15. The summed E-state index contributed by atoms with van der Waals surface area (Å²) in [6.45, 7) is 6.47. The molecule has 1 amide bonds. The van der Waals surface area contributed by atoms with E-state index >= 15 is 0 Å². The smallest absolute Gasteiger partial charge is 0.239 e. The lowest BCUT2D eigenvalue weighted by Gasteiger charge is -2.42. The molecule has 1 saturated heterocycles. The van der Waals surface area contributed by atoms with Gasteiger partial charge in [0.1, 0.15) is 6.04 Å². The van der Waals surface area contributed by atoms with Crippen molar-refractivity contribution in [2.45, 2.75) is 19.0 Å². The number of amides is 1. The number of carbonyl (C=O) groups excluding carboxylic acids is 1. The van der Waals surface area contributed by atoms with Gasteiger partial charge >= 0.3 is 0 Å². The molecule has 1 aliphatic rings. The standard InChI is InChI=1S/C16H25N3O2/c1-13-12-19(9-8-18(13)10-11-21-2)15(16(17)20)14-6-4-3-5-7-14/h3-7,13,15H,8-12H2,1-2H3,(H2,17,20)/t13-,15-/m0/s1. The van der Waals surface area contributed by atoms with E-state index in [-0.39, 0.29) is 11.9 Å². The van der Waals surface area contributed by atoms with Crippen molar-refractivity contribution in [3.63, 3.8) is 0 Å². The SMILES string of the molecule is COCCN1CCN([C@H](C(N)=O)c2ccccc2)C[C@@H]1C. The van der Waals surface area contributed by atoms with Gasteiger partial charge in [0, 0.05) is 39.3 Å². The first kappa shape index (κ1) is 15.9. The van der Waals surface area contributed by atoms with E-state index in [4.69, 9.17) is 10.5 Å². The van der Waals surface area contributed by atoms with Gasteiger partial charge in [0.25, 0.3) is 0 Å². The quantitative estimate of drug-likeness (QED) is 0.845. The van der Waals surface area contributed by atoms with Crippen molar-refractivity contribution in [1.29, 1.82) is 0 Å². The van der Waals surface area contributed by atoms with Crippen LogP contribution in [-0.4, -0.2) is 61.6 Å². The van der Waals surface area contributed by atoms with E-state index in [0.717, 1.165) is 38.3 Å². The topological polar surface area (TPSA) is 58.8 Å². The third kappa shape index (κ3) is 4.03. The minimum atomic E-state index is -0.335. The van der Waals surface area contributed by atoms with Gasteiger partial charge in [-0.3, -0.25) is 14.6 Å². The highest BCUT2D eigenvalue weighted by Crippen LogP contribution is 2.23. The normalized spacial score (nSPS) is 22.1. The van der Waals surface area contributed by atoms with Gasteiger partial charge in [0.15, 0.2) is 0 Å². The second-order valence-electron chi connectivity index (χ2n) is 5.59. The fourth-order valence-corrected chi connectivity index (χ4v) is 2.99. The molecule has 0 aromatic heterocycles. The number of benzene rings is 1. The summed E-state index contributed by atoms with van der Waals surface area (Å²) in [4.78, 5) is 16.5. The molecule has 0 aliphatic carbocycles. The average molecular weight is 291 g/mol. The van der Waals surface area contributed by atoms with E-state index in [1.165, 1.54) is 0 Å². The highest BCUT2D eigenvalue weighted by Gasteiger charge is 2.31. The van der Waals surface area contributed by atoms with Crippen LogP contribution in [0.4, 0.5) is 0 Å². The zero-order chi connectivity index (χ0) is 15.2. The second-order valence-corrected chi connectivity index (χ2v) is 5.59. The number of ether oxygens (including phenoxy) is 1. The van der Waals surface area contributed by atoms with E-state index in [9.17, 15) is 4.79 Å². The third-order valence-corrected chi connectivity index (χ3v) is 4.13. The van der Waals surface area contributed by atoms with E-state index in [1.54, 1.807) is 7.11 Å². The fraction of sp³-hybridized carbons (Fsp3) is 0.562. The Kier molecular flexibility index (Phi) is 5.73. The van der Waals surface area contributed by atoms with Gasteiger partial charge in [-0.25, -0.2) is 0 Å². The first-order valence-electron chi connectivity index (χ1n) is 7.44. The maximum absolute atomic E-state index is 11.9. The van der Waals surface area contributed by atoms with Gasteiger partial charge in [-0.1, -0.05) is 30.3 Å². The Morgan fingerprint density at radius 2 is 2.10 bits per heavy atom. The van der Waals surface area contributed by atoms with Crippen LogP contribution in [0.2, 0.25) is 0 Å². The average Bonchev–Trinajstić information content (AvgIpc) is 2.47. The molecule has 1 heterocycles. The molecule has 116 valence electrons. The lowest BCUT2D eigenvalue weighted by atomic mass is 10.0. The second kappa shape index (κ2) is 7.54. The molecule has 1 fully saturated rings. The molecule has 0 spiro atoms. The van der Waals surface area contributed by atoms with Gasteiger partial charge in [-0.15, -0.1) is 0 Å². The lowest BCUT2D eigenvalue weighted by Crippen LogP contribution is -2.55. The van der Waals surface area contributed by atoms with Gasteiger partial charge in [-0.2, -0.15) is 0 Å². The Morgan fingerprint density at radius 1 is 1.38 bits per heavy atom. The zero-order valence-electron chi connectivity index (χ0n) is 12.9. The molecular weight excluding hydrogens is 266 g/mol. The Labute approximate surface area is 126 Å². The Hall–Kier alpha value is -1.43. The fourth-order valence-electron chi connectivity index (χ4n) is 2.99. The molecule has 1 aromatic rings. The van der Waals surface area contributed by atoms with Crippen LogP contribution in [0.15, 0.2) is 30.3 Å². The third-order valence-electron chi connectivity index (χ3n) is 4.13. The molecule has 0 bridgehead atoms. The van der Waals surface area contributed by atoms with Crippen LogP contribution >= 0.6 is 0 Å². The van der Waals surface area contributed by atoms with Crippen molar-refractivity contribution in [2.24, 2.45) is 5.73 Å². The summed E-state index contributed by atoms with van der Waals surface area (Å²) in [5.41, 5.74) is 6.62. The highest BCUT2D eigenvalue weighted by atomic mass is 16.5. The first-order chi connectivity index (χ1) is 10.1. The first-order valence-corrected chi connectivity index (χ1v) is 7.44. The molecular formula is C16H25N3O2. The summed E-state index contributed by atoms with van der Waals surface area (Å²) in [6, 6.07) is 9.84. The maximum atomic E-state index is 11.9. The summed E-state index contributed by atoms with van der Waals surface area (Å²) in [6.07, 6.45) is 0.